The molecule has 1 N–H and O–H groups in total. The Morgan fingerprint density at radius 1 is 0.960 bits per heavy atom. The molecule has 0 radical (unpaired) electrons. The Hall–Kier alpha value is -2.70. The summed E-state index contributed by atoms with van der Waals surface area (Å²) in [5, 5.41) is 9.45. The van der Waals surface area contributed by atoms with E-state index in [4.69, 9.17) is 9.05 Å². The molecule has 1 unspecified atom stereocenters. The highest BCUT2D eigenvalue weighted by Gasteiger charge is 2.44. The maximum atomic E-state index is 13.3. The van der Waals surface area contributed by atoms with Crippen molar-refractivity contribution in [3.63, 3.8) is 0 Å². The maximum absolute atomic E-state index is 13.3. The van der Waals surface area contributed by atoms with Crippen LogP contribution >= 0.6 is 7.60 Å². The van der Waals surface area contributed by atoms with Crippen molar-refractivity contribution in [3.05, 3.63) is 59.7 Å². The molecule has 2 aromatic carbocycles. The number of benzene rings is 2. The van der Waals surface area contributed by atoms with Crippen molar-refractivity contribution >= 4 is 13.6 Å². The summed E-state index contributed by atoms with van der Waals surface area (Å²) in [5.41, 5.74) is 0.384. The van der Waals surface area contributed by atoms with Crippen LogP contribution in [0.5, 0.6) is 11.5 Å². The first-order valence-electron chi connectivity index (χ1n) is 7.61. The van der Waals surface area contributed by atoms with Gasteiger partial charge < -0.3 is 14.2 Å². The monoisotopic (exact) mass is 358 g/mol. The van der Waals surface area contributed by atoms with Gasteiger partial charge in [0.1, 0.15) is 11.5 Å². The predicted octanol–water partition coefficient (Wildman–Crippen LogP) is 4.43. The summed E-state index contributed by atoms with van der Waals surface area (Å²) < 4.78 is 24.4. The van der Waals surface area contributed by atoms with E-state index in [2.05, 4.69) is 11.8 Å². The molecule has 5 nitrogen and oxygen atoms in total. The zero-order valence-corrected chi connectivity index (χ0v) is 15.1. The summed E-state index contributed by atoms with van der Waals surface area (Å²) in [6.45, 7) is 5.27. The van der Waals surface area contributed by atoms with Crippen LogP contribution in [0.1, 0.15) is 18.1 Å². The molecule has 0 aliphatic heterocycles. The quantitative estimate of drug-likeness (QED) is 0.611. The number of carbonyl (C=O) groups is 1. The molecule has 2 rings (SSSR count). The Balaban J connectivity index is 2.42. The smallest absolute Gasteiger partial charge is 0.457 e. The van der Waals surface area contributed by atoms with Gasteiger partial charge in [-0.25, -0.2) is 4.57 Å². The third-order valence-corrected chi connectivity index (χ3v) is 5.25. The van der Waals surface area contributed by atoms with Gasteiger partial charge in [-0.05, 0) is 45.0 Å². The summed E-state index contributed by atoms with van der Waals surface area (Å²) >= 11 is 0. The Morgan fingerprint density at radius 3 is 1.68 bits per heavy atom. The lowest BCUT2D eigenvalue weighted by Gasteiger charge is -2.22. The van der Waals surface area contributed by atoms with E-state index in [0.717, 1.165) is 11.1 Å². The second-order valence-corrected chi connectivity index (χ2v) is 7.44. The van der Waals surface area contributed by atoms with Crippen LogP contribution in [0.4, 0.5) is 0 Å². The average Bonchev–Trinajstić information content (AvgIpc) is 2.56. The first-order valence-corrected chi connectivity index (χ1v) is 9.22. The molecule has 0 spiro atoms. The van der Waals surface area contributed by atoms with Gasteiger partial charge in [-0.3, -0.25) is 4.79 Å². The van der Waals surface area contributed by atoms with E-state index in [1.807, 2.05) is 13.8 Å². The van der Waals surface area contributed by atoms with E-state index in [0.29, 0.717) is 0 Å². The number of carboxylic acid groups (broad SMARTS) is 1. The van der Waals surface area contributed by atoms with Gasteiger partial charge in [0.2, 0.25) is 5.66 Å². The van der Waals surface area contributed by atoms with Gasteiger partial charge in [0, 0.05) is 0 Å². The Kier molecular flexibility index (Phi) is 5.90. The largest absolute Gasteiger partial charge is 0.480 e. The first-order chi connectivity index (χ1) is 11.8. The van der Waals surface area contributed by atoms with Gasteiger partial charge in [-0.15, -0.1) is 5.92 Å². The van der Waals surface area contributed by atoms with Crippen molar-refractivity contribution < 1.29 is 23.5 Å². The lowest BCUT2D eigenvalue weighted by atomic mass is 10.2. The van der Waals surface area contributed by atoms with Crippen molar-refractivity contribution in [2.75, 3.05) is 0 Å². The number of aryl methyl sites for hydroxylation is 2. The maximum Gasteiger partial charge on any atom is 0.457 e. The molecule has 6 heteroatoms. The SMILES string of the molecule is CC#CC(C(=O)O)P(=O)(Oc1ccc(C)cc1)Oc1ccc(C)cc1. The summed E-state index contributed by atoms with van der Waals surface area (Å²) in [4.78, 5) is 11.6. The molecule has 0 saturated heterocycles. The minimum Gasteiger partial charge on any atom is -0.480 e. The minimum atomic E-state index is -4.15. The number of carboxylic acids is 1. The predicted molar refractivity (Wildman–Crippen MR) is 96.1 cm³/mol. The van der Waals surface area contributed by atoms with Crippen molar-refractivity contribution in [1.29, 1.82) is 0 Å². The molecule has 2 aromatic rings. The van der Waals surface area contributed by atoms with Crippen LogP contribution in [0, 0.1) is 25.7 Å². The summed E-state index contributed by atoms with van der Waals surface area (Å²) in [5.74, 6) is 4.05. The number of hydrogen-bond acceptors (Lipinski definition) is 4. The van der Waals surface area contributed by atoms with E-state index in [1.165, 1.54) is 6.92 Å². The van der Waals surface area contributed by atoms with E-state index < -0.39 is 19.2 Å². The highest BCUT2D eigenvalue weighted by atomic mass is 31.2. The molecule has 0 aliphatic rings. The molecule has 0 amide bonds. The molecule has 0 bridgehead atoms. The molecule has 0 saturated carbocycles. The summed E-state index contributed by atoms with van der Waals surface area (Å²) in [6, 6.07) is 13.5. The third kappa shape index (κ3) is 4.89. The van der Waals surface area contributed by atoms with Crippen LogP contribution in [0.25, 0.3) is 0 Å². The molecule has 1 atom stereocenters. The average molecular weight is 358 g/mol. The van der Waals surface area contributed by atoms with Crippen molar-refractivity contribution in [3.8, 4) is 23.3 Å². The molecule has 130 valence electrons. The van der Waals surface area contributed by atoms with Crippen LogP contribution in [-0.4, -0.2) is 16.7 Å². The molecule has 0 aromatic heterocycles. The molecule has 25 heavy (non-hydrogen) atoms. The molecule has 0 aliphatic carbocycles. The molecular formula is C19H19O5P. The zero-order valence-electron chi connectivity index (χ0n) is 14.2. The van der Waals surface area contributed by atoms with Crippen LogP contribution < -0.4 is 9.05 Å². The van der Waals surface area contributed by atoms with Crippen molar-refractivity contribution in [2.24, 2.45) is 0 Å². The van der Waals surface area contributed by atoms with Gasteiger partial charge in [-0.1, -0.05) is 41.3 Å². The van der Waals surface area contributed by atoms with E-state index >= 15 is 0 Å². The topological polar surface area (TPSA) is 72.8 Å². The van der Waals surface area contributed by atoms with Gasteiger partial charge in [0.25, 0.3) is 0 Å². The lowest BCUT2D eigenvalue weighted by Crippen LogP contribution is -2.24. The highest BCUT2D eigenvalue weighted by Crippen LogP contribution is 2.52. The molecule has 0 heterocycles. The second kappa shape index (κ2) is 7.92. The fourth-order valence-corrected chi connectivity index (χ4v) is 3.67. The molecular weight excluding hydrogens is 339 g/mol. The van der Waals surface area contributed by atoms with Gasteiger partial charge in [0.05, 0.1) is 0 Å². The standard InChI is InChI=1S/C19H19O5P/c1-4-5-18(19(20)21)25(22,23-16-10-6-14(2)7-11-16)24-17-12-8-15(3)9-13-17/h6-13,18H,1-3H3,(H,20,21). The van der Waals surface area contributed by atoms with Crippen LogP contribution in [0.3, 0.4) is 0 Å². The molecule has 0 fully saturated rings. The fraction of sp³-hybridized carbons (Fsp3) is 0.211. The van der Waals surface area contributed by atoms with E-state index in [9.17, 15) is 14.5 Å². The van der Waals surface area contributed by atoms with Gasteiger partial charge in [-0.2, -0.15) is 0 Å². The summed E-state index contributed by atoms with van der Waals surface area (Å²) in [6.07, 6.45) is 0. The van der Waals surface area contributed by atoms with Gasteiger partial charge in [0.15, 0.2) is 0 Å². The summed E-state index contributed by atoms with van der Waals surface area (Å²) in [7, 11) is -4.15. The van der Waals surface area contributed by atoms with Crippen LogP contribution in [0.2, 0.25) is 0 Å². The first kappa shape index (κ1) is 18.6. The normalized spacial score (nSPS) is 11.8. The lowest BCUT2D eigenvalue weighted by molar-refractivity contribution is -0.135. The van der Waals surface area contributed by atoms with Crippen molar-refractivity contribution in [2.45, 2.75) is 26.4 Å². The number of aliphatic carboxylic acids is 1. The Bertz CT molecular complexity index is 793. The number of hydrogen-bond donors (Lipinski definition) is 1. The zero-order chi connectivity index (χ0) is 18.4. The Morgan fingerprint density at radius 2 is 1.36 bits per heavy atom. The Labute approximate surface area is 147 Å². The van der Waals surface area contributed by atoms with E-state index in [1.54, 1.807) is 48.5 Å². The van der Waals surface area contributed by atoms with Crippen LogP contribution in [-0.2, 0) is 9.36 Å². The van der Waals surface area contributed by atoms with Gasteiger partial charge >= 0.3 is 13.6 Å². The third-order valence-electron chi connectivity index (χ3n) is 3.34. The number of rotatable bonds is 6. The van der Waals surface area contributed by atoms with Crippen LogP contribution in [0.15, 0.2) is 48.5 Å². The fourth-order valence-electron chi connectivity index (χ4n) is 2.03. The van der Waals surface area contributed by atoms with E-state index in [-0.39, 0.29) is 11.5 Å². The second-order valence-electron chi connectivity index (χ2n) is 5.48. The van der Waals surface area contributed by atoms with Crippen molar-refractivity contribution in [1.82, 2.24) is 0 Å². The highest BCUT2D eigenvalue weighted by molar-refractivity contribution is 7.57. The minimum absolute atomic E-state index is 0.255.